The van der Waals surface area contributed by atoms with Gasteiger partial charge in [0.25, 0.3) is 0 Å². The number of aryl methyl sites for hydroxylation is 1. The van der Waals surface area contributed by atoms with Gasteiger partial charge in [0.1, 0.15) is 0 Å². The van der Waals surface area contributed by atoms with Crippen LogP contribution in [0.5, 0.6) is 0 Å². The molecule has 3 nitrogen and oxygen atoms in total. The first-order valence-corrected chi connectivity index (χ1v) is 6.15. The molecule has 3 heteroatoms. The van der Waals surface area contributed by atoms with Gasteiger partial charge in [-0.05, 0) is 43.0 Å². The van der Waals surface area contributed by atoms with E-state index in [0.29, 0.717) is 6.54 Å². The van der Waals surface area contributed by atoms with Crippen LogP contribution in [-0.2, 0) is 0 Å². The number of aromatic nitrogens is 1. The van der Waals surface area contributed by atoms with Crippen LogP contribution in [0.4, 0.5) is 0 Å². The van der Waals surface area contributed by atoms with Gasteiger partial charge in [-0.25, -0.2) is 0 Å². The third kappa shape index (κ3) is 3.03. The van der Waals surface area contributed by atoms with Gasteiger partial charge in [-0.2, -0.15) is 0 Å². The van der Waals surface area contributed by atoms with Crippen LogP contribution in [0.1, 0.15) is 36.4 Å². The largest absolute Gasteiger partial charge is 0.329 e. The molecule has 1 fully saturated rings. The van der Waals surface area contributed by atoms with E-state index in [1.807, 2.05) is 18.5 Å². The second-order valence-corrected chi connectivity index (χ2v) is 4.71. The lowest BCUT2D eigenvalue weighted by Gasteiger charge is -2.18. The fourth-order valence-corrected chi connectivity index (χ4v) is 2.03. The first-order chi connectivity index (χ1) is 7.81. The fraction of sp³-hybridized carbons (Fsp3) is 0.615. The predicted octanol–water partition coefficient (Wildman–Crippen LogP) is 1.78. The molecule has 0 amide bonds. The molecule has 1 aromatic heterocycles. The number of rotatable bonds is 6. The molecule has 1 atom stereocenters. The van der Waals surface area contributed by atoms with E-state index in [1.165, 1.54) is 30.4 Å². The van der Waals surface area contributed by atoms with Gasteiger partial charge in [-0.1, -0.05) is 12.8 Å². The summed E-state index contributed by atoms with van der Waals surface area (Å²) in [4.78, 5) is 4.17. The van der Waals surface area contributed by atoms with Crippen molar-refractivity contribution in [2.75, 3.05) is 13.1 Å². The molecule has 2 rings (SSSR count). The van der Waals surface area contributed by atoms with Crippen molar-refractivity contribution in [3.8, 4) is 0 Å². The van der Waals surface area contributed by atoms with Crippen molar-refractivity contribution in [1.82, 2.24) is 10.3 Å². The molecule has 1 saturated carbocycles. The summed E-state index contributed by atoms with van der Waals surface area (Å²) in [6.07, 6.45) is 7.88. The molecule has 16 heavy (non-hydrogen) atoms. The van der Waals surface area contributed by atoms with E-state index in [0.717, 1.165) is 12.5 Å². The maximum Gasteiger partial charge on any atom is 0.0462 e. The van der Waals surface area contributed by atoms with E-state index in [4.69, 9.17) is 5.73 Å². The lowest BCUT2D eigenvalue weighted by atomic mass is 10.0. The monoisotopic (exact) mass is 219 g/mol. The summed E-state index contributed by atoms with van der Waals surface area (Å²) in [5, 5.41) is 3.53. The molecular weight excluding hydrogens is 198 g/mol. The van der Waals surface area contributed by atoms with Crippen LogP contribution in [0, 0.1) is 12.8 Å². The third-order valence-corrected chi connectivity index (χ3v) is 3.33. The number of nitrogens with one attached hydrogen (secondary N) is 1. The van der Waals surface area contributed by atoms with Crippen LogP contribution in [0.25, 0.3) is 0 Å². The number of hydrogen-bond donors (Lipinski definition) is 2. The van der Waals surface area contributed by atoms with Gasteiger partial charge in [-0.15, -0.1) is 0 Å². The standard InChI is InChI=1S/C13H21N3/c1-10-4-6-15-9-12(10)13(8-14)16-7-5-11-2-3-11/h4,6,9,11,13,16H,2-3,5,7-8,14H2,1H3. The summed E-state index contributed by atoms with van der Waals surface area (Å²) >= 11 is 0. The molecule has 0 aromatic carbocycles. The van der Waals surface area contributed by atoms with Crippen LogP contribution in [-0.4, -0.2) is 18.1 Å². The topological polar surface area (TPSA) is 50.9 Å². The number of pyridine rings is 1. The van der Waals surface area contributed by atoms with E-state index in [1.54, 1.807) is 0 Å². The second kappa shape index (κ2) is 5.41. The summed E-state index contributed by atoms with van der Waals surface area (Å²) in [5.41, 5.74) is 8.32. The average Bonchev–Trinajstić information content (AvgIpc) is 3.10. The number of hydrogen-bond acceptors (Lipinski definition) is 3. The Balaban J connectivity index is 1.90. The summed E-state index contributed by atoms with van der Waals surface area (Å²) in [5.74, 6) is 0.973. The highest BCUT2D eigenvalue weighted by Gasteiger charge is 2.21. The number of nitrogens with zero attached hydrogens (tertiary/aromatic N) is 1. The normalized spacial score (nSPS) is 17.4. The third-order valence-electron chi connectivity index (χ3n) is 3.33. The van der Waals surface area contributed by atoms with Gasteiger partial charge in [0, 0.05) is 25.0 Å². The Morgan fingerprint density at radius 3 is 3.00 bits per heavy atom. The van der Waals surface area contributed by atoms with Crippen molar-refractivity contribution in [2.24, 2.45) is 11.7 Å². The van der Waals surface area contributed by atoms with Crippen LogP contribution >= 0.6 is 0 Å². The van der Waals surface area contributed by atoms with Crippen molar-refractivity contribution < 1.29 is 0 Å². The summed E-state index contributed by atoms with van der Waals surface area (Å²) < 4.78 is 0. The van der Waals surface area contributed by atoms with Crippen molar-refractivity contribution in [3.05, 3.63) is 29.6 Å². The minimum atomic E-state index is 0.257. The van der Waals surface area contributed by atoms with Crippen molar-refractivity contribution in [1.29, 1.82) is 0 Å². The minimum Gasteiger partial charge on any atom is -0.329 e. The first-order valence-electron chi connectivity index (χ1n) is 6.15. The van der Waals surface area contributed by atoms with Gasteiger partial charge in [0.2, 0.25) is 0 Å². The maximum atomic E-state index is 5.82. The van der Waals surface area contributed by atoms with Gasteiger partial charge < -0.3 is 11.1 Å². The van der Waals surface area contributed by atoms with Gasteiger partial charge in [-0.3, -0.25) is 4.98 Å². The average molecular weight is 219 g/mol. The Morgan fingerprint density at radius 2 is 2.38 bits per heavy atom. The molecule has 1 aromatic rings. The molecule has 3 N–H and O–H groups in total. The summed E-state index contributed by atoms with van der Waals surface area (Å²) in [6.45, 7) is 3.82. The predicted molar refractivity (Wildman–Crippen MR) is 66.1 cm³/mol. The Morgan fingerprint density at radius 1 is 1.56 bits per heavy atom. The fourth-order valence-electron chi connectivity index (χ4n) is 2.03. The van der Waals surface area contributed by atoms with Crippen molar-refractivity contribution in [2.45, 2.75) is 32.2 Å². The molecular formula is C13H21N3. The lowest BCUT2D eigenvalue weighted by Crippen LogP contribution is -2.29. The SMILES string of the molecule is Cc1ccncc1C(CN)NCCC1CC1. The van der Waals surface area contributed by atoms with Crippen LogP contribution in [0.2, 0.25) is 0 Å². The Kier molecular flexibility index (Phi) is 3.91. The highest BCUT2D eigenvalue weighted by atomic mass is 14.9. The molecule has 1 aliphatic carbocycles. The summed E-state index contributed by atoms with van der Waals surface area (Å²) in [7, 11) is 0. The van der Waals surface area contributed by atoms with E-state index in [-0.39, 0.29) is 6.04 Å². The number of nitrogens with two attached hydrogens (primary N) is 1. The minimum absolute atomic E-state index is 0.257. The highest BCUT2D eigenvalue weighted by molar-refractivity contribution is 5.25. The van der Waals surface area contributed by atoms with Crippen molar-refractivity contribution >= 4 is 0 Å². The molecule has 1 unspecified atom stereocenters. The molecule has 88 valence electrons. The smallest absolute Gasteiger partial charge is 0.0462 e. The molecule has 0 spiro atoms. The molecule has 0 bridgehead atoms. The molecule has 1 aliphatic rings. The summed E-state index contributed by atoms with van der Waals surface area (Å²) in [6, 6.07) is 2.30. The molecule has 1 heterocycles. The van der Waals surface area contributed by atoms with Crippen LogP contribution in [0.3, 0.4) is 0 Å². The maximum absolute atomic E-state index is 5.82. The van der Waals surface area contributed by atoms with E-state index >= 15 is 0 Å². The van der Waals surface area contributed by atoms with E-state index in [2.05, 4.69) is 17.2 Å². The van der Waals surface area contributed by atoms with E-state index < -0.39 is 0 Å². The lowest BCUT2D eigenvalue weighted by molar-refractivity contribution is 0.513. The Hall–Kier alpha value is -0.930. The van der Waals surface area contributed by atoms with Crippen molar-refractivity contribution in [3.63, 3.8) is 0 Å². The van der Waals surface area contributed by atoms with Crippen LogP contribution in [0.15, 0.2) is 18.5 Å². The Bertz CT molecular complexity index is 334. The zero-order chi connectivity index (χ0) is 11.4. The molecule has 0 saturated heterocycles. The van der Waals surface area contributed by atoms with Crippen LogP contribution < -0.4 is 11.1 Å². The molecule has 0 radical (unpaired) electrons. The second-order valence-electron chi connectivity index (χ2n) is 4.71. The van der Waals surface area contributed by atoms with E-state index in [9.17, 15) is 0 Å². The first kappa shape index (κ1) is 11.6. The quantitative estimate of drug-likeness (QED) is 0.767. The van der Waals surface area contributed by atoms with Gasteiger partial charge in [0.05, 0.1) is 0 Å². The Labute approximate surface area is 97.5 Å². The molecule has 0 aliphatic heterocycles. The van der Waals surface area contributed by atoms with Gasteiger partial charge >= 0.3 is 0 Å². The zero-order valence-corrected chi connectivity index (χ0v) is 9.95. The highest BCUT2D eigenvalue weighted by Crippen LogP contribution is 2.31. The zero-order valence-electron chi connectivity index (χ0n) is 9.95. The van der Waals surface area contributed by atoms with Gasteiger partial charge in [0.15, 0.2) is 0 Å².